The Bertz CT molecular complexity index is 456. The summed E-state index contributed by atoms with van der Waals surface area (Å²) in [4.78, 5) is 1.90. The maximum Gasteiger partial charge on any atom is 0.166 e. The van der Waals surface area contributed by atoms with Gasteiger partial charge in [0.25, 0.3) is 0 Å². The summed E-state index contributed by atoms with van der Waals surface area (Å²) < 4.78 is 12.0. The number of benzene rings is 2. The van der Waals surface area contributed by atoms with Crippen molar-refractivity contribution in [3.8, 4) is 0 Å². The third-order valence-electron chi connectivity index (χ3n) is 2.10. The Labute approximate surface area is 102 Å². The van der Waals surface area contributed by atoms with E-state index < -0.39 is 10.2 Å². The molecule has 2 aromatic rings. The highest BCUT2D eigenvalue weighted by Gasteiger charge is 2.13. The van der Waals surface area contributed by atoms with Gasteiger partial charge in [0.15, 0.2) is 4.90 Å². The van der Waals surface area contributed by atoms with Gasteiger partial charge in [-0.15, -0.1) is 0 Å². The van der Waals surface area contributed by atoms with E-state index in [9.17, 15) is 4.55 Å². The SMILES string of the molecule is Cc1cccc([S+]([O-])Sc2ccccc2)c1. The van der Waals surface area contributed by atoms with Crippen LogP contribution in [0.2, 0.25) is 0 Å². The highest BCUT2D eigenvalue weighted by molar-refractivity contribution is 8.72. The Morgan fingerprint density at radius 2 is 1.75 bits per heavy atom. The molecule has 0 aromatic heterocycles. The van der Waals surface area contributed by atoms with Gasteiger partial charge in [0.2, 0.25) is 0 Å². The third kappa shape index (κ3) is 3.04. The molecule has 0 aliphatic heterocycles. The van der Waals surface area contributed by atoms with Crippen molar-refractivity contribution >= 4 is 21.0 Å². The summed E-state index contributed by atoms with van der Waals surface area (Å²) in [5.41, 5.74) is 1.14. The summed E-state index contributed by atoms with van der Waals surface area (Å²) in [5, 5.41) is 0. The first kappa shape index (κ1) is 11.6. The van der Waals surface area contributed by atoms with E-state index >= 15 is 0 Å². The average Bonchev–Trinajstić information content (AvgIpc) is 2.30. The predicted molar refractivity (Wildman–Crippen MR) is 69.9 cm³/mol. The third-order valence-corrected chi connectivity index (χ3v) is 4.96. The van der Waals surface area contributed by atoms with Crippen molar-refractivity contribution in [3.05, 3.63) is 60.2 Å². The van der Waals surface area contributed by atoms with Crippen molar-refractivity contribution in [1.82, 2.24) is 0 Å². The fraction of sp³-hybridized carbons (Fsp3) is 0.0769. The summed E-state index contributed by atoms with van der Waals surface area (Å²) in [6.45, 7) is 2.01. The van der Waals surface area contributed by atoms with Crippen molar-refractivity contribution in [2.24, 2.45) is 0 Å². The lowest BCUT2D eigenvalue weighted by Gasteiger charge is -2.07. The van der Waals surface area contributed by atoms with E-state index in [2.05, 4.69) is 0 Å². The molecule has 0 spiro atoms. The summed E-state index contributed by atoms with van der Waals surface area (Å²) in [7, 11) is 0.350. The monoisotopic (exact) mass is 248 g/mol. The van der Waals surface area contributed by atoms with Gasteiger partial charge in [0.05, 0.1) is 15.1 Å². The van der Waals surface area contributed by atoms with Crippen molar-refractivity contribution in [2.75, 3.05) is 0 Å². The molecule has 2 rings (SSSR count). The van der Waals surface area contributed by atoms with Crippen LogP contribution in [0.15, 0.2) is 64.4 Å². The van der Waals surface area contributed by atoms with Crippen LogP contribution in [0.25, 0.3) is 0 Å². The van der Waals surface area contributed by atoms with E-state index in [0.717, 1.165) is 15.4 Å². The van der Waals surface area contributed by atoms with Gasteiger partial charge in [-0.2, -0.15) is 0 Å². The lowest BCUT2D eigenvalue weighted by molar-refractivity contribution is 0.609. The van der Waals surface area contributed by atoms with Crippen LogP contribution < -0.4 is 0 Å². The van der Waals surface area contributed by atoms with Crippen LogP contribution in [0, 0.1) is 6.92 Å². The second kappa shape index (κ2) is 5.43. The number of hydrogen-bond acceptors (Lipinski definition) is 2. The molecule has 0 aliphatic carbocycles. The Kier molecular flexibility index (Phi) is 3.93. The van der Waals surface area contributed by atoms with Crippen molar-refractivity contribution in [1.29, 1.82) is 0 Å². The minimum atomic E-state index is -1.03. The molecule has 0 fully saturated rings. The largest absolute Gasteiger partial charge is 0.600 e. The smallest absolute Gasteiger partial charge is 0.166 e. The number of aryl methyl sites for hydroxylation is 1. The van der Waals surface area contributed by atoms with Crippen molar-refractivity contribution in [3.63, 3.8) is 0 Å². The first-order valence-corrected chi connectivity index (χ1v) is 7.46. The molecule has 0 aliphatic rings. The first-order valence-electron chi connectivity index (χ1n) is 4.97. The summed E-state index contributed by atoms with van der Waals surface area (Å²) >= 11 is 0. The maximum absolute atomic E-state index is 12.0. The minimum absolute atomic E-state index is 0.869. The van der Waals surface area contributed by atoms with E-state index in [1.165, 1.54) is 10.8 Å². The molecule has 0 heterocycles. The normalized spacial score (nSPS) is 12.4. The van der Waals surface area contributed by atoms with Gasteiger partial charge in [-0.05, 0) is 36.8 Å². The molecule has 0 radical (unpaired) electrons. The zero-order chi connectivity index (χ0) is 11.4. The molecule has 3 heteroatoms. The Balaban J connectivity index is 2.12. The maximum atomic E-state index is 12.0. The molecule has 2 aromatic carbocycles. The first-order chi connectivity index (χ1) is 7.75. The summed E-state index contributed by atoms with van der Waals surface area (Å²) in [6, 6.07) is 17.6. The molecule has 1 atom stereocenters. The molecule has 1 nitrogen and oxygen atoms in total. The number of hydrogen-bond donors (Lipinski definition) is 0. The lowest BCUT2D eigenvalue weighted by Crippen LogP contribution is -1.95. The van der Waals surface area contributed by atoms with Gasteiger partial charge in [-0.25, -0.2) is 0 Å². The van der Waals surface area contributed by atoms with Crippen LogP contribution in [-0.2, 0) is 10.2 Å². The van der Waals surface area contributed by atoms with Gasteiger partial charge in [-0.1, -0.05) is 30.3 Å². The summed E-state index contributed by atoms with van der Waals surface area (Å²) in [5.74, 6) is 0. The highest BCUT2D eigenvalue weighted by Crippen LogP contribution is 2.30. The zero-order valence-electron chi connectivity index (χ0n) is 8.92. The molecule has 0 saturated heterocycles. The van der Waals surface area contributed by atoms with E-state index in [1.807, 2.05) is 61.5 Å². The van der Waals surface area contributed by atoms with E-state index in [-0.39, 0.29) is 0 Å². The predicted octanol–water partition coefficient (Wildman–Crippen LogP) is 3.81. The molecule has 16 heavy (non-hydrogen) atoms. The average molecular weight is 248 g/mol. The van der Waals surface area contributed by atoms with Crippen LogP contribution in [-0.4, -0.2) is 4.55 Å². The second-order valence-corrected chi connectivity index (χ2v) is 6.43. The second-order valence-electron chi connectivity index (χ2n) is 3.45. The molecule has 1 unspecified atom stereocenters. The molecule has 0 bridgehead atoms. The molecular weight excluding hydrogens is 236 g/mol. The van der Waals surface area contributed by atoms with Crippen LogP contribution >= 0.6 is 10.8 Å². The molecular formula is C13H12OS2. The fourth-order valence-corrected chi connectivity index (χ4v) is 3.80. The lowest BCUT2D eigenvalue weighted by atomic mass is 10.2. The summed E-state index contributed by atoms with van der Waals surface area (Å²) in [6.07, 6.45) is 0. The minimum Gasteiger partial charge on any atom is -0.600 e. The van der Waals surface area contributed by atoms with Gasteiger partial charge < -0.3 is 4.55 Å². The Hall–Kier alpha value is -0.900. The Morgan fingerprint density at radius 3 is 2.44 bits per heavy atom. The standard InChI is InChI=1S/C13H12OS2/c1-11-6-5-9-13(10-11)16(14)15-12-7-3-2-4-8-12/h2-10H,1H3. The quantitative estimate of drug-likeness (QED) is 0.609. The van der Waals surface area contributed by atoms with Gasteiger partial charge in [0.1, 0.15) is 10.8 Å². The molecule has 0 N–H and O–H groups in total. The molecule has 0 amide bonds. The van der Waals surface area contributed by atoms with E-state index in [4.69, 9.17) is 0 Å². The van der Waals surface area contributed by atoms with E-state index in [1.54, 1.807) is 0 Å². The topological polar surface area (TPSA) is 23.1 Å². The van der Waals surface area contributed by atoms with Gasteiger partial charge in [0, 0.05) is 0 Å². The Morgan fingerprint density at radius 1 is 1.00 bits per heavy atom. The molecule has 82 valence electrons. The van der Waals surface area contributed by atoms with Gasteiger partial charge in [-0.3, -0.25) is 0 Å². The highest BCUT2D eigenvalue weighted by atomic mass is 33.1. The molecule has 0 saturated carbocycles. The zero-order valence-corrected chi connectivity index (χ0v) is 10.6. The van der Waals surface area contributed by atoms with Crippen molar-refractivity contribution in [2.45, 2.75) is 16.7 Å². The van der Waals surface area contributed by atoms with Crippen molar-refractivity contribution < 1.29 is 4.55 Å². The fourth-order valence-electron chi connectivity index (χ4n) is 1.33. The van der Waals surface area contributed by atoms with Crippen LogP contribution in [0.3, 0.4) is 0 Å². The van der Waals surface area contributed by atoms with Gasteiger partial charge >= 0.3 is 0 Å². The van der Waals surface area contributed by atoms with E-state index in [0.29, 0.717) is 0 Å². The number of rotatable bonds is 3. The van der Waals surface area contributed by atoms with Crippen LogP contribution in [0.5, 0.6) is 0 Å². The van der Waals surface area contributed by atoms with Crippen LogP contribution in [0.4, 0.5) is 0 Å². The van der Waals surface area contributed by atoms with Crippen LogP contribution in [0.1, 0.15) is 5.56 Å².